The molecule has 2 aromatic rings. The second-order valence-corrected chi connectivity index (χ2v) is 7.52. The normalized spacial score (nSPS) is 11.0. The van der Waals surface area contributed by atoms with Gasteiger partial charge in [0.1, 0.15) is 5.75 Å². The Morgan fingerprint density at radius 1 is 1.11 bits per heavy atom. The maximum Gasteiger partial charge on any atom is 0.319 e. The molecule has 5 heteroatoms. The zero-order valence-corrected chi connectivity index (χ0v) is 17.4. The number of unbranched alkanes of at least 4 members (excludes halogenated alkanes) is 1. The fourth-order valence-electron chi connectivity index (χ4n) is 2.81. The molecule has 0 radical (unpaired) electrons. The Morgan fingerprint density at radius 3 is 2.54 bits per heavy atom. The average molecular weight is 383 g/mol. The highest BCUT2D eigenvalue weighted by molar-refractivity contribution is 5.94. The average Bonchev–Trinajstić information content (AvgIpc) is 2.64. The van der Waals surface area contributed by atoms with Gasteiger partial charge in [-0.25, -0.2) is 4.79 Å². The Hall–Kier alpha value is -2.82. The molecule has 0 saturated heterocycles. The van der Waals surface area contributed by atoms with Crippen molar-refractivity contribution >= 4 is 17.5 Å². The minimum Gasteiger partial charge on any atom is -0.493 e. The molecule has 2 amide bonds. The van der Waals surface area contributed by atoms with Crippen LogP contribution in [0.25, 0.3) is 0 Å². The smallest absolute Gasteiger partial charge is 0.319 e. The lowest BCUT2D eigenvalue weighted by Gasteiger charge is -2.27. The topological polar surface area (TPSA) is 67.4 Å². The second kappa shape index (κ2) is 9.40. The van der Waals surface area contributed by atoms with Crippen LogP contribution in [0.4, 0.5) is 10.5 Å². The number of ketones is 1. The molecule has 0 aromatic heterocycles. The van der Waals surface area contributed by atoms with Gasteiger partial charge in [-0.2, -0.15) is 0 Å². The van der Waals surface area contributed by atoms with Gasteiger partial charge < -0.3 is 15.4 Å². The fourth-order valence-corrected chi connectivity index (χ4v) is 2.81. The monoisotopic (exact) mass is 382 g/mol. The van der Waals surface area contributed by atoms with Gasteiger partial charge in [-0.1, -0.05) is 37.6 Å². The molecule has 0 fully saturated rings. The van der Waals surface area contributed by atoms with Crippen LogP contribution >= 0.6 is 0 Å². The van der Waals surface area contributed by atoms with Gasteiger partial charge in [-0.3, -0.25) is 4.79 Å². The van der Waals surface area contributed by atoms with Crippen molar-refractivity contribution in [2.45, 2.75) is 53.0 Å². The van der Waals surface area contributed by atoms with Crippen LogP contribution in [-0.4, -0.2) is 18.4 Å². The lowest BCUT2D eigenvalue weighted by molar-refractivity contribution is 0.101. The molecule has 5 nitrogen and oxygen atoms in total. The van der Waals surface area contributed by atoms with Crippen LogP contribution in [0.1, 0.15) is 62.0 Å². The van der Waals surface area contributed by atoms with Crippen LogP contribution in [0.5, 0.6) is 5.75 Å². The third kappa shape index (κ3) is 5.84. The van der Waals surface area contributed by atoms with Gasteiger partial charge in [0.15, 0.2) is 5.78 Å². The van der Waals surface area contributed by atoms with Crippen molar-refractivity contribution in [1.29, 1.82) is 0 Å². The highest BCUT2D eigenvalue weighted by atomic mass is 16.5. The summed E-state index contributed by atoms with van der Waals surface area (Å²) in [5, 5.41) is 5.84. The summed E-state index contributed by atoms with van der Waals surface area (Å²) in [4.78, 5) is 24.2. The first-order chi connectivity index (χ1) is 13.2. The van der Waals surface area contributed by atoms with Crippen LogP contribution in [-0.2, 0) is 5.54 Å². The minimum atomic E-state index is -0.638. The molecule has 0 heterocycles. The minimum absolute atomic E-state index is 0.00245. The molecule has 0 unspecified atom stereocenters. The summed E-state index contributed by atoms with van der Waals surface area (Å²) in [5.41, 5.74) is 2.55. The summed E-state index contributed by atoms with van der Waals surface area (Å²) < 4.78 is 5.80. The first-order valence-electron chi connectivity index (χ1n) is 9.67. The molecule has 0 aliphatic carbocycles. The highest BCUT2D eigenvalue weighted by Gasteiger charge is 2.23. The number of hydrogen-bond acceptors (Lipinski definition) is 3. The summed E-state index contributed by atoms with van der Waals surface area (Å²) in [6.45, 7) is 10.1. The molecule has 0 spiro atoms. The largest absolute Gasteiger partial charge is 0.493 e. The van der Waals surface area contributed by atoms with Crippen LogP contribution in [0.15, 0.2) is 42.5 Å². The van der Waals surface area contributed by atoms with E-state index in [4.69, 9.17) is 4.74 Å². The van der Waals surface area contributed by atoms with Gasteiger partial charge in [0.25, 0.3) is 0 Å². The van der Waals surface area contributed by atoms with Crippen molar-refractivity contribution in [1.82, 2.24) is 5.32 Å². The van der Waals surface area contributed by atoms with Gasteiger partial charge in [0.05, 0.1) is 12.1 Å². The van der Waals surface area contributed by atoms with E-state index in [1.54, 1.807) is 6.07 Å². The van der Waals surface area contributed by atoms with Crippen molar-refractivity contribution < 1.29 is 14.3 Å². The SMILES string of the molecule is CCCCOc1cc(NC(=O)NC(C)(C)c2cccc(C(C)=O)c2)ccc1C. The van der Waals surface area contributed by atoms with Crippen LogP contribution in [0.3, 0.4) is 0 Å². The lowest BCUT2D eigenvalue weighted by atomic mass is 9.92. The first kappa shape index (κ1) is 21.5. The van der Waals surface area contributed by atoms with E-state index in [9.17, 15) is 9.59 Å². The molecular weight excluding hydrogens is 352 g/mol. The zero-order valence-electron chi connectivity index (χ0n) is 17.4. The molecule has 0 saturated carbocycles. The molecule has 150 valence electrons. The van der Waals surface area contributed by atoms with E-state index >= 15 is 0 Å². The number of carbonyl (C=O) groups is 2. The number of benzene rings is 2. The summed E-state index contributed by atoms with van der Waals surface area (Å²) in [7, 11) is 0. The Morgan fingerprint density at radius 2 is 1.86 bits per heavy atom. The molecule has 0 bridgehead atoms. The van der Waals surface area contributed by atoms with Crippen LogP contribution in [0.2, 0.25) is 0 Å². The molecule has 0 atom stereocenters. The molecule has 0 aliphatic rings. The van der Waals surface area contributed by atoms with Crippen molar-refractivity contribution in [3.63, 3.8) is 0 Å². The number of hydrogen-bond donors (Lipinski definition) is 2. The Labute approximate surface area is 167 Å². The van der Waals surface area contributed by atoms with Crippen molar-refractivity contribution in [2.24, 2.45) is 0 Å². The third-order valence-electron chi connectivity index (χ3n) is 4.62. The number of rotatable bonds is 8. The van der Waals surface area contributed by atoms with E-state index in [-0.39, 0.29) is 11.8 Å². The maximum absolute atomic E-state index is 12.5. The quantitative estimate of drug-likeness (QED) is 0.472. The van der Waals surface area contributed by atoms with Gasteiger partial charge in [0, 0.05) is 17.3 Å². The summed E-state index contributed by atoms with van der Waals surface area (Å²) in [6, 6.07) is 12.6. The van der Waals surface area contributed by atoms with Gasteiger partial charge in [-0.15, -0.1) is 0 Å². The molecule has 2 aromatic carbocycles. The van der Waals surface area contributed by atoms with Crippen molar-refractivity contribution in [2.75, 3.05) is 11.9 Å². The number of amides is 2. The van der Waals surface area contributed by atoms with Gasteiger partial charge >= 0.3 is 6.03 Å². The summed E-state index contributed by atoms with van der Waals surface area (Å²) in [5.74, 6) is 0.775. The number of nitrogens with one attached hydrogen (secondary N) is 2. The highest BCUT2D eigenvalue weighted by Crippen LogP contribution is 2.24. The number of urea groups is 1. The van der Waals surface area contributed by atoms with E-state index in [2.05, 4.69) is 17.6 Å². The molecule has 0 aliphatic heterocycles. The van der Waals surface area contributed by atoms with E-state index in [0.29, 0.717) is 17.9 Å². The summed E-state index contributed by atoms with van der Waals surface area (Å²) >= 11 is 0. The van der Waals surface area contributed by atoms with Gasteiger partial charge in [0.2, 0.25) is 0 Å². The number of ether oxygens (including phenoxy) is 1. The van der Waals surface area contributed by atoms with Crippen LogP contribution < -0.4 is 15.4 Å². The second-order valence-electron chi connectivity index (χ2n) is 7.52. The van der Waals surface area contributed by atoms with Crippen LogP contribution in [0, 0.1) is 6.92 Å². The fraction of sp³-hybridized carbons (Fsp3) is 0.391. The maximum atomic E-state index is 12.5. The molecule has 28 heavy (non-hydrogen) atoms. The predicted molar refractivity (Wildman–Crippen MR) is 113 cm³/mol. The van der Waals surface area contributed by atoms with Crippen molar-refractivity contribution in [3.8, 4) is 5.75 Å². The Bertz CT molecular complexity index is 843. The predicted octanol–water partition coefficient (Wildman–Crippen LogP) is 5.43. The van der Waals surface area contributed by atoms with Gasteiger partial charge in [-0.05, 0) is 57.4 Å². The molecular formula is C23H30N2O3. The number of anilines is 1. The number of aryl methyl sites for hydroxylation is 1. The molecule has 2 rings (SSSR count). The van der Waals surface area contributed by atoms with E-state index < -0.39 is 5.54 Å². The summed E-state index contributed by atoms with van der Waals surface area (Å²) in [6.07, 6.45) is 2.06. The number of Topliss-reactive ketones (excluding diaryl/α,β-unsaturated/α-hetero) is 1. The standard InChI is InChI=1S/C23H30N2O3/c1-6-7-13-28-21-15-20(12-11-16(21)2)24-22(27)25-23(4,5)19-10-8-9-18(14-19)17(3)26/h8-12,14-15H,6-7,13H2,1-5H3,(H2,24,25,27). The van der Waals surface area contributed by atoms with E-state index in [1.165, 1.54) is 6.92 Å². The Balaban J connectivity index is 2.07. The number of carbonyl (C=O) groups excluding carboxylic acids is 2. The van der Waals surface area contributed by atoms with E-state index in [0.717, 1.165) is 29.7 Å². The third-order valence-corrected chi connectivity index (χ3v) is 4.62. The Kier molecular flexibility index (Phi) is 7.21. The first-order valence-corrected chi connectivity index (χ1v) is 9.67. The molecule has 2 N–H and O–H groups in total. The van der Waals surface area contributed by atoms with Crippen molar-refractivity contribution in [3.05, 3.63) is 59.2 Å². The lowest BCUT2D eigenvalue weighted by Crippen LogP contribution is -2.43. The van der Waals surface area contributed by atoms with E-state index in [1.807, 2.05) is 57.2 Å². The zero-order chi connectivity index (χ0) is 20.7.